The van der Waals surface area contributed by atoms with Crippen LogP contribution in [0, 0.1) is 0 Å². The van der Waals surface area contributed by atoms with E-state index in [0.29, 0.717) is 32.1 Å². The van der Waals surface area contributed by atoms with Crippen LogP contribution in [0.5, 0.6) is 5.75 Å². The molecule has 3 N–H and O–H groups in total. The zero-order valence-electron chi connectivity index (χ0n) is 19.8. The summed E-state index contributed by atoms with van der Waals surface area (Å²) in [6.45, 7) is 2.19. The van der Waals surface area contributed by atoms with Crippen LogP contribution in [-0.4, -0.2) is 73.5 Å². The largest absolute Gasteiger partial charge is 0.434 e. The van der Waals surface area contributed by atoms with Crippen LogP contribution in [0.15, 0.2) is 48.4 Å². The zero-order valence-corrected chi connectivity index (χ0v) is 20.6. The number of carbonyl (C=O) groups is 2. The number of hydrogen-bond donors (Lipinski definition) is 3. The fraction of sp³-hybridized carbons (Fsp3) is 0.348. The summed E-state index contributed by atoms with van der Waals surface area (Å²) >= 11 is 6.13. The van der Waals surface area contributed by atoms with E-state index < -0.39 is 12.5 Å². The highest BCUT2D eigenvalue weighted by atomic mass is 35.5. The minimum absolute atomic E-state index is 0.0927. The Balaban J connectivity index is 2.03. The average molecular weight is 525 g/mol. The minimum atomic E-state index is -3.10. The van der Waals surface area contributed by atoms with Crippen molar-refractivity contribution in [2.45, 2.75) is 13.2 Å². The third-order valence-corrected chi connectivity index (χ3v) is 5.54. The van der Waals surface area contributed by atoms with Gasteiger partial charge < -0.3 is 30.3 Å². The Labute approximate surface area is 211 Å². The molecule has 0 atom stereocenters. The number of ether oxygens (including phenoxy) is 2. The van der Waals surface area contributed by atoms with Gasteiger partial charge in [0.2, 0.25) is 5.91 Å². The Kier molecular flexibility index (Phi) is 9.25. The standard InChI is InChI=1S/C23H27ClF2N6O4/c1-4-15(21(27-2)28-3)22(34)29-17-12-32(13-19(33)31-7-9-35-10-8-31)30-20(17)16-11-14(24)5-6-18(16)36-23(25)26/h4-6,11-12,23,27-28H,1,7-10,13H2,2-3H3,(H,29,34). The number of benzene rings is 1. The Morgan fingerprint density at radius 1 is 1.28 bits per heavy atom. The van der Waals surface area contributed by atoms with E-state index in [1.165, 1.54) is 35.2 Å². The Morgan fingerprint density at radius 2 is 1.97 bits per heavy atom. The first-order chi connectivity index (χ1) is 17.3. The van der Waals surface area contributed by atoms with Crippen LogP contribution in [0.1, 0.15) is 0 Å². The molecule has 2 heterocycles. The van der Waals surface area contributed by atoms with E-state index in [1.807, 2.05) is 0 Å². The summed E-state index contributed by atoms with van der Waals surface area (Å²) in [7, 11) is 3.26. The second-order valence-corrected chi connectivity index (χ2v) is 7.98. The zero-order chi connectivity index (χ0) is 26.2. The molecule has 2 amide bonds. The summed E-state index contributed by atoms with van der Waals surface area (Å²) in [4.78, 5) is 27.5. The van der Waals surface area contributed by atoms with Crippen LogP contribution in [-0.2, 0) is 20.9 Å². The predicted molar refractivity (Wildman–Crippen MR) is 131 cm³/mol. The van der Waals surface area contributed by atoms with Gasteiger partial charge in [-0.2, -0.15) is 13.9 Å². The van der Waals surface area contributed by atoms with Crippen molar-refractivity contribution in [2.24, 2.45) is 0 Å². The van der Waals surface area contributed by atoms with E-state index in [-0.39, 0.29) is 45.7 Å². The smallest absolute Gasteiger partial charge is 0.387 e. The van der Waals surface area contributed by atoms with E-state index in [9.17, 15) is 18.4 Å². The van der Waals surface area contributed by atoms with Gasteiger partial charge in [-0.3, -0.25) is 14.3 Å². The second-order valence-electron chi connectivity index (χ2n) is 7.55. The molecule has 1 aliphatic heterocycles. The van der Waals surface area contributed by atoms with Crippen molar-refractivity contribution in [1.29, 1.82) is 0 Å². The molecule has 0 bridgehead atoms. The monoisotopic (exact) mass is 524 g/mol. The third-order valence-electron chi connectivity index (χ3n) is 5.30. The molecular weight excluding hydrogens is 498 g/mol. The summed E-state index contributed by atoms with van der Waals surface area (Å²) in [5, 5.41) is 13.1. The highest BCUT2D eigenvalue weighted by molar-refractivity contribution is 6.31. The quantitative estimate of drug-likeness (QED) is 0.323. The fourth-order valence-corrected chi connectivity index (χ4v) is 3.79. The molecule has 1 saturated heterocycles. The molecule has 1 aliphatic rings. The van der Waals surface area contributed by atoms with Crippen LogP contribution < -0.4 is 20.7 Å². The van der Waals surface area contributed by atoms with Gasteiger partial charge in [0.15, 0.2) is 0 Å². The molecule has 0 radical (unpaired) electrons. The van der Waals surface area contributed by atoms with Crippen molar-refractivity contribution < 1.29 is 27.8 Å². The molecule has 1 fully saturated rings. The molecule has 194 valence electrons. The first-order valence-electron chi connectivity index (χ1n) is 11.0. The number of morpholine rings is 1. The van der Waals surface area contributed by atoms with E-state index in [4.69, 9.17) is 16.3 Å². The molecule has 10 nitrogen and oxygen atoms in total. The number of aromatic nitrogens is 2. The van der Waals surface area contributed by atoms with Crippen molar-refractivity contribution in [3.63, 3.8) is 0 Å². The van der Waals surface area contributed by atoms with Gasteiger partial charge in [-0.05, 0) is 18.2 Å². The molecule has 1 aromatic carbocycles. The maximum atomic E-state index is 13.1. The number of hydrogen-bond acceptors (Lipinski definition) is 7. The molecule has 36 heavy (non-hydrogen) atoms. The van der Waals surface area contributed by atoms with Gasteiger partial charge in [-0.25, -0.2) is 0 Å². The number of amides is 2. The summed E-state index contributed by atoms with van der Waals surface area (Å²) in [5.74, 6) is -0.550. The Morgan fingerprint density at radius 3 is 2.58 bits per heavy atom. The lowest BCUT2D eigenvalue weighted by Gasteiger charge is -2.26. The first kappa shape index (κ1) is 27.0. The maximum Gasteiger partial charge on any atom is 0.387 e. The summed E-state index contributed by atoms with van der Waals surface area (Å²) < 4.78 is 37.4. The van der Waals surface area contributed by atoms with Crippen LogP contribution in [0.3, 0.4) is 0 Å². The third kappa shape index (κ3) is 6.52. The minimum Gasteiger partial charge on any atom is -0.434 e. The van der Waals surface area contributed by atoms with Crippen molar-refractivity contribution in [3.8, 4) is 17.0 Å². The van der Waals surface area contributed by atoms with Gasteiger partial charge in [0.25, 0.3) is 5.91 Å². The molecule has 3 rings (SSSR count). The van der Waals surface area contributed by atoms with Gasteiger partial charge in [0, 0.05) is 44.0 Å². The van der Waals surface area contributed by atoms with Crippen molar-refractivity contribution in [1.82, 2.24) is 25.3 Å². The van der Waals surface area contributed by atoms with E-state index in [0.717, 1.165) is 0 Å². The summed E-state index contributed by atoms with van der Waals surface area (Å²) in [5.41, 5.74) is 0.553. The number of halogens is 3. The van der Waals surface area contributed by atoms with Crippen LogP contribution in [0.2, 0.25) is 5.02 Å². The van der Waals surface area contributed by atoms with Gasteiger partial charge >= 0.3 is 6.61 Å². The molecule has 0 aliphatic carbocycles. The summed E-state index contributed by atoms with van der Waals surface area (Å²) in [6.07, 6.45) is 2.80. The SMILES string of the molecule is C=CC(C(=O)Nc1cn(CC(=O)N2CCOCC2)nc1-c1cc(Cl)ccc1OC(F)F)=C(NC)NC. The molecule has 2 aromatic rings. The molecule has 13 heteroatoms. The summed E-state index contributed by atoms with van der Waals surface area (Å²) in [6, 6.07) is 4.06. The number of rotatable bonds is 10. The van der Waals surface area contributed by atoms with Crippen LogP contribution in [0.25, 0.3) is 11.3 Å². The normalized spacial score (nSPS) is 13.2. The van der Waals surface area contributed by atoms with Crippen LogP contribution >= 0.6 is 11.6 Å². The lowest BCUT2D eigenvalue weighted by molar-refractivity contribution is -0.136. The van der Waals surface area contributed by atoms with Gasteiger partial charge in [-0.1, -0.05) is 24.3 Å². The number of nitrogens with one attached hydrogen (secondary N) is 3. The van der Waals surface area contributed by atoms with E-state index in [1.54, 1.807) is 19.0 Å². The lowest BCUT2D eigenvalue weighted by Crippen LogP contribution is -2.42. The maximum absolute atomic E-state index is 13.1. The van der Waals surface area contributed by atoms with Crippen molar-refractivity contribution in [3.05, 3.63) is 53.5 Å². The highest BCUT2D eigenvalue weighted by Crippen LogP contribution is 2.37. The Bertz CT molecular complexity index is 1140. The van der Waals surface area contributed by atoms with Crippen molar-refractivity contribution in [2.75, 3.05) is 45.7 Å². The highest BCUT2D eigenvalue weighted by Gasteiger charge is 2.23. The molecule has 0 saturated carbocycles. The molecule has 0 unspecified atom stereocenters. The molecular formula is C23H27ClF2N6O4. The first-order valence-corrected chi connectivity index (χ1v) is 11.4. The van der Waals surface area contributed by atoms with Gasteiger partial charge in [0.1, 0.15) is 23.8 Å². The second kappa shape index (κ2) is 12.4. The van der Waals surface area contributed by atoms with Crippen molar-refractivity contribution >= 4 is 29.1 Å². The van der Waals surface area contributed by atoms with E-state index in [2.05, 4.69) is 32.4 Å². The van der Waals surface area contributed by atoms with E-state index >= 15 is 0 Å². The predicted octanol–water partition coefficient (Wildman–Crippen LogP) is 2.44. The lowest BCUT2D eigenvalue weighted by atomic mass is 10.1. The fourth-order valence-electron chi connectivity index (χ4n) is 3.62. The van der Waals surface area contributed by atoms with Gasteiger partial charge in [0.05, 0.1) is 24.5 Å². The number of nitrogens with zero attached hydrogens (tertiary/aromatic N) is 3. The number of alkyl halides is 2. The molecule has 0 spiro atoms. The number of anilines is 1. The molecule has 1 aromatic heterocycles. The topological polar surface area (TPSA) is 110 Å². The Hall–Kier alpha value is -3.64. The van der Waals surface area contributed by atoms with Crippen LogP contribution in [0.4, 0.5) is 14.5 Å². The number of carbonyl (C=O) groups excluding carboxylic acids is 2. The average Bonchev–Trinajstić information content (AvgIpc) is 3.25. The van der Waals surface area contributed by atoms with Gasteiger partial charge in [-0.15, -0.1) is 0 Å².